The van der Waals surface area contributed by atoms with Crippen LogP contribution in [0.4, 0.5) is 22.0 Å². The Morgan fingerprint density at radius 1 is 1.04 bits per heavy atom. The van der Waals surface area contributed by atoms with E-state index in [1.54, 1.807) is 30.3 Å². The van der Waals surface area contributed by atoms with Crippen molar-refractivity contribution in [2.75, 3.05) is 13.2 Å². The Kier molecular flexibility index (Phi) is 7.24. The molecule has 9 nitrogen and oxygen atoms in total. The Morgan fingerprint density at radius 2 is 1.80 bits per heavy atom. The van der Waals surface area contributed by atoms with Crippen LogP contribution in [0.5, 0.6) is 11.5 Å². The molecule has 240 valence electrons. The third-order valence-electron chi connectivity index (χ3n) is 8.71. The van der Waals surface area contributed by atoms with Crippen molar-refractivity contribution in [3.8, 4) is 17.2 Å². The van der Waals surface area contributed by atoms with Gasteiger partial charge in [0.2, 0.25) is 0 Å². The molecular formula is C32H26F5N3O6. The van der Waals surface area contributed by atoms with Gasteiger partial charge in [-0.2, -0.15) is 23.2 Å². The summed E-state index contributed by atoms with van der Waals surface area (Å²) in [4.78, 5) is 27.7. The lowest BCUT2D eigenvalue weighted by Gasteiger charge is -2.45. The largest absolute Gasteiger partial charge is 0.586 e. The normalized spacial score (nSPS) is 20.0. The zero-order valence-electron chi connectivity index (χ0n) is 24.2. The third-order valence-corrected chi connectivity index (χ3v) is 8.71. The summed E-state index contributed by atoms with van der Waals surface area (Å²) in [6.45, 7) is 2.33. The smallest absolute Gasteiger partial charge is 0.395 e. The van der Waals surface area contributed by atoms with Gasteiger partial charge in [-0.15, -0.1) is 8.78 Å². The Balaban J connectivity index is 1.23. The molecule has 0 bridgehead atoms. The van der Waals surface area contributed by atoms with E-state index < -0.39 is 35.7 Å². The van der Waals surface area contributed by atoms with E-state index in [1.807, 2.05) is 6.92 Å². The molecule has 1 fully saturated rings. The van der Waals surface area contributed by atoms with Crippen molar-refractivity contribution in [3.05, 3.63) is 101 Å². The number of alkyl halides is 5. The lowest BCUT2D eigenvalue weighted by atomic mass is 9.69. The Hall–Kier alpha value is -4.56. The summed E-state index contributed by atoms with van der Waals surface area (Å²) in [5.74, 6) is -1.31. The second kappa shape index (κ2) is 11.1. The van der Waals surface area contributed by atoms with Gasteiger partial charge in [-0.1, -0.05) is 31.2 Å². The van der Waals surface area contributed by atoms with Crippen molar-refractivity contribution in [2.45, 2.75) is 56.1 Å². The average molecular weight is 644 g/mol. The van der Waals surface area contributed by atoms with Gasteiger partial charge in [0.1, 0.15) is 6.10 Å². The van der Waals surface area contributed by atoms with Crippen LogP contribution in [0.2, 0.25) is 0 Å². The van der Waals surface area contributed by atoms with Crippen molar-refractivity contribution < 1.29 is 50.7 Å². The predicted molar refractivity (Wildman–Crippen MR) is 149 cm³/mol. The molecule has 2 aliphatic heterocycles. The molecule has 4 aromatic rings. The minimum absolute atomic E-state index is 0.0370. The molecule has 7 rings (SSSR count). The van der Waals surface area contributed by atoms with Gasteiger partial charge in [0.25, 0.3) is 0 Å². The average Bonchev–Trinajstić information content (AvgIpc) is 3.56. The molecule has 1 saturated heterocycles. The predicted octanol–water partition coefficient (Wildman–Crippen LogP) is 6.85. The molecule has 2 aromatic carbocycles. The van der Waals surface area contributed by atoms with Gasteiger partial charge >= 0.3 is 18.4 Å². The van der Waals surface area contributed by atoms with Crippen molar-refractivity contribution in [1.29, 1.82) is 0 Å². The second-order valence-electron chi connectivity index (χ2n) is 11.5. The van der Waals surface area contributed by atoms with Crippen LogP contribution >= 0.6 is 0 Å². The van der Waals surface area contributed by atoms with Crippen LogP contribution in [0.25, 0.3) is 5.69 Å². The quantitative estimate of drug-likeness (QED) is 0.123. The molecule has 0 saturated carbocycles. The maximum absolute atomic E-state index is 14.2. The van der Waals surface area contributed by atoms with E-state index in [0.29, 0.717) is 17.7 Å². The van der Waals surface area contributed by atoms with E-state index in [2.05, 4.69) is 19.6 Å². The van der Waals surface area contributed by atoms with Crippen LogP contribution in [0.15, 0.2) is 66.9 Å². The lowest BCUT2D eigenvalue weighted by Crippen LogP contribution is -2.51. The van der Waals surface area contributed by atoms with Crippen molar-refractivity contribution in [2.24, 2.45) is 0 Å². The van der Waals surface area contributed by atoms with E-state index in [9.17, 15) is 26.7 Å². The Labute approximate surface area is 258 Å². The fraction of sp³-hybridized carbons (Fsp3) is 0.344. The summed E-state index contributed by atoms with van der Waals surface area (Å²) in [5.41, 5.74) is -0.0343. The second-order valence-corrected chi connectivity index (χ2v) is 11.5. The number of rotatable bonds is 7. The SMILES string of the molecule is CC(c1ccc2c(c1)OC(F)(F)O2)C1(c2cc(-n3nc(C(F)(F)F)c4c3C(OOC(=O)c3ccccc3)CCC4)ccn2)COC1. The first-order chi connectivity index (χ1) is 22.0. The monoisotopic (exact) mass is 643 g/mol. The number of nitrogens with zero attached hydrogens (tertiary/aromatic N) is 3. The number of hydrogen-bond donors (Lipinski definition) is 0. The molecule has 0 radical (unpaired) electrons. The standard InChI is InChI=1S/C32H26F5N3O6/c1-18(20-10-11-23-25(14-20)44-32(36,37)43-23)30(16-42-17-30)26-15-21(12-13-38-26)40-27-22(28(39-40)31(33,34)35)8-5-9-24(27)45-46-29(41)19-6-3-2-4-7-19/h2-4,6-7,10-15,18,24H,5,8-9,16-17H2,1H3. The maximum atomic E-state index is 14.2. The fourth-order valence-corrected chi connectivity index (χ4v) is 6.20. The van der Waals surface area contributed by atoms with Gasteiger partial charge in [-0.3, -0.25) is 9.87 Å². The summed E-state index contributed by atoms with van der Waals surface area (Å²) in [6.07, 6.45) is -7.33. The minimum Gasteiger partial charge on any atom is -0.395 e. The maximum Gasteiger partial charge on any atom is 0.586 e. The molecule has 2 unspecified atom stereocenters. The molecule has 1 aliphatic carbocycles. The van der Waals surface area contributed by atoms with Gasteiger partial charge < -0.3 is 14.2 Å². The first kappa shape index (κ1) is 30.1. The van der Waals surface area contributed by atoms with Crippen molar-refractivity contribution in [3.63, 3.8) is 0 Å². The van der Waals surface area contributed by atoms with Crippen LogP contribution in [0.3, 0.4) is 0 Å². The number of halogens is 5. The topological polar surface area (TPSA) is 93.9 Å². The number of carbonyl (C=O) groups excluding carboxylic acids is 1. The highest BCUT2D eigenvalue weighted by Gasteiger charge is 2.49. The fourth-order valence-electron chi connectivity index (χ4n) is 6.20. The Morgan fingerprint density at radius 3 is 2.52 bits per heavy atom. The molecule has 2 aromatic heterocycles. The molecule has 46 heavy (non-hydrogen) atoms. The van der Waals surface area contributed by atoms with Crippen LogP contribution in [-0.2, 0) is 32.5 Å². The highest BCUT2D eigenvalue weighted by molar-refractivity contribution is 5.88. The van der Waals surface area contributed by atoms with Gasteiger partial charge in [-0.05, 0) is 67.1 Å². The summed E-state index contributed by atoms with van der Waals surface area (Å²) >= 11 is 0. The first-order valence-corrected chi connectivity index (χ1v) is 14.5. The molecular weight excluding hydrogens is 617 g/mol. The molecule has 3 aliphatic rings. The number of hydrogen-bond acceptors (Lipinski definition) is 8. The zero-order chi connectivity index (χ0) is 32.3. The number of ether oxygens (including phenoxy) is 3. The molecule has 0 amide bonds. The lowest BCUT2D eigenvalue weighted by molar-refractivity contribution is -0.286. The highest BCUT2D eigenvalue weighted by atomic mass is 19.4. The molecule has 2 atom stereocenters. The van der Waals surface area contributed by atoms with E-state index in [1.165, 1.54) is 41.2 Å². The number of pyridine rings is 1. The van der Waals surface area contributed by atoms with E-state index >= 15 is 0 Å². The van der Waals surface area contributed by atoms with Crippen molar-refractivity contribution >= 4 is 5.97 Å². The third kappa shape index (κ3) is 5.24. The summed E-state index contributed by atoms with van der Waals surface area (Å²) in [6, 6.07) is 15.8. The van der Waals surface area contributed by atoms with Crippen LogP contribution in [0, 0.1) is 0 Å². The number of fused-ring (bicyclic) bond motifs is 2. The highest BCUT2D eigenvalue weighted by Crippen LogP contribution is 2.48. The summed E-state index contributed by atoms with van der Waals surface area (Å²) < 4.78 is 85.9. The van der Waals surface area contributed by atoms with Crippen LogP contribution in [-0.4, -0.2) is 40.2 Å². The molecule has 0 N–H and O–H groups in total. The van der Waals surface area contributed by atoms with Crippen LogP contribution < -0.4 is 9.47 Å². The van der Waals surface area contributed by atoms with Gasteiger partial charge in [0.05, 0.1) is 41.3 Å². The van der Waals surface area contributed by atoms with E-state index in [-0.39, 0.29) is 66.0 Å². The molecule has 4 heterocycles. The first-order valence-electron chi connectivity index (χ1n) is 14.5. The van der Waals surface area contributed by atoms with E-state index in [4.69, 9.17) is 14.5 Å². The van der Waals surface area contributed by atoms with E-state index in [0.717, 1.165) is 0 Å². The zero-order valence-corrected chi connectivity index (χ0v) is 24.2. The number of aromatic nitrogens is 3. The van der Waals surface area contributed by atoms with Gasteiger partial charge in [0.15, 0.2) is 17.2 Å². The minimum atomic E-state index is -4.75. The summed E-state index contributed by atoms with van der Waals surface area (Å²) in [5, 5.41) is 4.00. The number of benzene rings is 2. The van der Waals surface area contributed by atoms with Gasteiger partial charge in [-0.25, -0.2) is 9.48 Å². The molecule has 0 spiro atoms. The van der Waals surface area contributed by atoms with Crippen LogP contribution in [0.1, 0.15) is 70.4 Å². The molecule has 14 heteroatoms. The Bertz CT molecular complexity index is 1790. The van der Waals surface area contributed by atoms with Gasteiger partial charge in [0, 0.05) is 11.8 Å². The van der Waals surface area contributed by atoms with Crippen molar-refractivity contribution in [1.82, 2.24) is 14.8 Å². The summed E-state index contributed by atoms with van der Waals surface area (Å²) in [7, 11) is 0. The number of carbonyl (C=O) groups is 1.